The van der Waals surface area contributed by atoms with E-state index in [1.807, 2.05) is 18.2 Å². The van der Waals surface area contributed by atoms with Crippen LogP contribution >= 0.6 is 0 Å². The van der Waals surface area contributed by atoms with Gasteiger partial charge in [0.1, 0.15) is 24.4 Å². The molecule has 1 saturated heterocycles. The van der Waals surface area contributed by atoms with Crippen LogP contribution in [0.4, 0.5) is 5.69 Å². The number of rotatable bonds is 0. The summed E-state index contributed by atoms with van der Waals surface area (Å²) in [5.74, 6) is 0. The minimum absolute atomic E-state index is 0.0780. The molecule has 5 rings (SSSR count). The van der Waals surface area contributed by atoms with Crippen LogP contribution in [-0.2, 0) is 4.74 Å². The third-order valence-electron chi connectivity index (χ3n) is 5.23. The molecule has 2 aliphatic heterocycles. The number of para-hydroxylation sites is 1. The number of fused-ring (bicyclic) bond motifs is 5. The first-order valence-corrected chi connectivity index (χ1v) is 7.64. The van der Waals surface area contributed by atoms with Gasteiger partial charge in [-0.15, -0.1) is 0 Å². The molecule has 0 saturated carbocycles. The zero-order chi connectivity index (χ0) is 15.0. The van der Waals surface area contributed by atoms with Crippen LogP contribution in [0.1, 0.15) is 5.56 Å². The average molecular weight is 295 g/mol. The number of epoxide rings is 1. The molecule has 4 aliphatic rings. The van der Waals surface area contributed by atoms with Gasteiger partial charge in [0.2, 0.25) is 0 Å². The van der Waals surface area contributed by atoms with E-state index in [-0.39, 0.29) is 18.2 Å². The molecule has 0 amide bonds. The monoisotopic (exact) mass is 295 g/mol. The Morgan fingerprint density at radius 2 is 2.00 bits per heavy atom. The van der Waals surface area contributed by atoms with Crippen molar-refractivity contribution >= 4 is 11.8 Å². The topological polar surface area (TPSA) is 56.2 Å². The van der Waals surface area contributed by atoms with E-state index < -0.39 is 12.2 Å². The van der Waals surface area contributed by atoms with E-state index in [2.05, 4.69) is 36.2 Å². The van der Waals surface area contributed by atoms with Crippen molar-refractivity contribution in [3.63, 3.8) is 0 Å². The van der Waals surface area contributed by atoms with Gasteiger partial charge in [-0.1, -0.05) is 30.4 Å². The van der Waals surface area contributed by atoms with Gasteiger partial charge in [-0.05, 0) is 34.4 Å². The lowest BCUT2D eigenvalue weighted by Gasteiger charge is -2.40. The normalized spacial score (nSPS) is 37.9. The molecule has 2 aliphatic carbocycles. The molecular weight excluding hydrogens is 278 g/mol. The molecule has 1 unspecified atom stereocenters. The van der Waals surface area contributed by atoms with E-state index >= 15 is 0 Å². The van der Waals surface area contributed by atoms with Crippen LogP contribution in [-0.4, -0.2) is 47.7 Å². The van der Waals surface area contributed by atoms with E-state index in [4.69, 9.17) is 4.74 Å². The summed E-state index contributed by atoms with van der Waals surface area (Å²) >= 11 is 0. The number of ether oxygens (including phenoxy) is 1. The van der Waals surface area contributed by atoms with Crippen LogP contribution < -0.4 is 4.90 Å². The number of likely N-dealkylation sites (N-methyl/N-ethyl adjacent to an activating group) is 1. The summed E-state index contributed by atoms with van der Waals surface area (Å²) in [7, 11) is 2.09. The summed E-state index contributed by atoms with van der Waals surface area (Å²) in [5, 5.41) is 20.4. The number of anilines is 1. The molecule has 5 atom stereocenters. The first-order chi connectivity index (χ1) is 10.7. The Hall–Kier alpha value is -1.88. The van der Waals surface area contributed by atoms with Gasteiger partial charge in [0, 0.05) is 12.7 Å². The highest BCUT2D eigenvalue weighted by atomic mass is 16.6. The van der Waals surface area contributed by atoms with Gasteiger partial charge in [-0.3, -0.25) is 0 Å². The zero-order valence-electron chi connectivity index (χ0n) is 12.2. The lowest BCUT2D eigenvalue weighted by molar-refractivity contribution is 0.0237. The molecule has 0 bridgehead atoms. The van der Waals surface area contributed by atoms with E-state index in [9.17, 15) is 10.2 Å². The van der Waals surface area contributed by atoms with Crippen molar-refractivity contribution in [1.82, 2.24) is 0 Å². The standard InChI is InChI=1S/C18H17NO3/c1-19-12-5-3-2-4-9(12)8-11-13(19)7-6-10-14(11)17-18(22-17)16(21)15(10)20/h2-8,13,15-18,20-21H,1H3/t13?,15-,16+,17-,18+/m1/s1. The van der Waals surface area contributed by atoms with Gasteiger partial charge in [-0.25, -0.2) is 0 Å². The van der Waals surface area contributed by atoms with Crippen LogP contribution in [0.15, 0.2) is 53.1 Å². The second kappa shape index (κ2) is 4.10. The van der Waals surface area contributed by atoms with Crippen LogP contribution in [0.2, 0.25) is 0 Å². The fraction of sp³-hybridized carbons (Fsp3) is 0.333. The summed E-state index contributed by atoms with van der Waals surface area (Å²) in [4.78, 5) is 2.25. The van der Waals surface area contributed by atoms with Gasteiger partial charge in [-0.2, -0.15) is 0 Å². The van der Waals surface area contributed by atoms with E-state index in [1.165, 1.54) is 16.8 Å². The fourth-order valence-corrected chi connectivity index (χ4v) is 4.03. The first-order valence-electron chi connectivity index (χ1n) is 7.64. The van der Waals surface area contributed by atoms with Crippen molar-refractivity contribution in [2.75, 3.05) is 11.9 Å². The number of hydrogen-bond acceptors (Lipinski definition) is 4. The number of benzene rings is 1. The Morgan fingerprint density at radius 3 is 2.86 bits per heavy atom. The molecule has 22 heavy (non-hydrogen) atoms. The highest BCUT2D eigenvalue weighted by molar-refractivity contribution is 5.80. The summed E-state index contributed by atoms with van der Waals surface area (Å²) < 4.78 is 5.64. The third-order valence-corrected chi connectivity index (χ3v) is 5.23. The van der Waals surface area contributed by atoms with Gasteiger partial charge >= 0.3 is 0 Å². The molecule has 0 radical (unpaired) electrons. The molecule has 0 spiro atoms. The maximum Gasteiger partial charge on any atom is 0.118 e. The Balaban J connectivity index is 1.71. The molecule has 4 heteroatoms. The van der Waals surface area contributed by atoms with Gasteiger partial charge in [0.25, 0.3) is 0 Å². The molecule has 0 aromatic heterocycles. The van der Waals surface area contributed by atoms with Crippen molar-refractivity contribution < 1.29 is 14.9 Å². The van der Waals surface area contributed by atoms with Crippen molar-refractivity contribution in [3.8, 4) is 0 Å². The van der Waals surface area contributed by atoms with Crippen molar-refractivity contribution in [2.24, 2.45) is 0 Å². The summed E-state index contributed by atoms with van der Waals surface area (Å²) in [6.07, 6.45) is 4.22. The Morgan fingerprint density at radius 1 is 1.18 bits per heavy atom. The van der Waals surface area contributed by atoms with Crippen molar-refractivity contribution in [2.45, 2.75) is 30.5 Å². The summed E-state index contributed by atoms with van der Waals surface area (Å²) in [5.41, 5.74) is 5.43. The molecule has 2 heterocycles. The van der Waals surface area contributed by atoms with Crippen LogP contribution in [0.25, 0.3) is 6.08 Å². The van der Waals surface area contributed by atoms with Crippen LogP contribution in [0, 0.1) is 0 Å². The number of aliphatic hydroxyl groups is 2. The predicted octanol–water partition coefficient (Wildman–Crippen LogP) is 1.26. The quantitative estimate of drug-likeness (QED) is 0.708. The Kier molecular flexibility index (Phi) is 2.36. The molecule has 1 aromatic rings. The maximum absolute atomic E-state index is 10.3. The Bertz CT molecular complexity index is 763. The fourth-order valence-electron chi connectivity index (χ4n) is 4.03. The minimum Gasteiger partial charge on any atom is -0.387 e. The summed E-state index contributed by atoms with van der Waals surface area (Å²) in [6.45, 7) is 0. The number of nitrogens with zero attached hydrogens (tertiary/aromatic N) is 1. The molecular formula is C18H17NO3. The van der Waals surface area contributed by atoms with E-state index in [1.54, 1.807) is 0 Å². The van der Waals surface area contributed by atoms with Crippen LogP contribution in [0.3, 0.4) is 0 Å². The first kappa shape index (κ1) is 12.6. The van der Waals surface area contributed by atoms with E-state index in [0.29, 0.717) is 0 Å². The summed E-state index contributed by atoms with van der Waals surface area (Å²) in [6, 6.07) is 8.46. The largest absolute Gasteiger partial charge is 0.387 e. The minimum atomic E-state index is -0.862. The zero-order valence-corrected chi connectivity index (χ0v) is 12.2. The molecule has 1 aromatic carbocycles. The second-order valence-corrected chi connectivity index (χ2v) is 6.40. The van der Waals surface area contributed by atoms with Crippen molar-refractivity contribution in [3.05, 3.63) is 58.7 Å². The Labute approximate surface area is 128 Å². The average Bonchev–Trinajstić information content (AvgIpc) is 3.33. The number of hydrogen-bond donors (Lipinski definition) is 2. The lowest BCUT2D eigenvalue weighted by atomic mass is 9.76. The smallest absolute Gasteiger partial charge is 0.118 e. The lowest BCUT2D eigenvalue weighted by Crippen LogP contribution is -2.43. The van der Waals surface area contributed by atoms with E-state index in [0.717, 1.165) is 11.1 Å². The van der Waals surface area contributed by atoms with Gasteiger partial charge in [0.15, 0.2) is 0 Å². The van der Waals surface area contributed by atoms with Crippen molar-refractivity contribution in [1.29, 1.82) is 0 Å². The molecule has 1 fully saturated rings. The number of aliphatic hydroxyl groups excluding tert-OH is 2. The van der Waals surface area contributed by atoms with Crippen LogP contribution in [0.5, 0.6) is 0 Å². The maximum atomic E-state index is 10.3. The van der Waals surface area contributed by atoms with Gasteiger partial charge in [0.05, 0.1) is 6.04 Å². The third kappa shape index (κ3) is 1.47. The van der Waals surface area contributed by atoms with Gasteiger partial charge < -0.3 is 19.8 Å². The molecule has 2 N–H and O–H groups in total. The predicted molar refractivity (Wildman–Crippen MR) is 83.5 cm³/mol. The SMILES string of the molecule is CN1c2ccccc2C=C2C3=C(C=CC21)[C@@H](O)[C@H](O)[C@@H]1O[C@H]31. The molecule has 112 valence electrons. The highest BCUT2D eigenvalue weighted by Crippen LogP contribution is 2.49. The highest BCUT2D eigenvalue weighted by Gasteiger charge is 2.56. The second-order valence-electron chi connectivity index (χ2n) is 6.40. The molecule has 4 nitrogen and oxygen atoms in total.